The quantitative estimate of drug-likeness (QED) is 0.250. The summed E-state index contributed by atoms with van der Waals surface area (Å²) in [6.45, 7) is 4.82. The van der Waals surface area contributed by atoms with E-state index in [-0.39, 0.29) is 47.6 Å². The monoisotopic (exact) mass is 551 g/mol. The van der Waals surface area contributed by atoms with Crippen molar-refractivity contribution < 1.29 is 47.6 Å². The van der Waals surface area contributed by atoms with Crippen molar-refractivity contribution in [2.45, 2.75) is 78.0 Å². The lowest BCUT2D eigenvalue weighted by atomic mass is 9.48. The molecular formula is C26H34INO4. The Morgan fingerprint density at radius 2 is 1.78 bits per heavy atom. The Kier molecular flexibility index (Phi) is 6.72. The van der Waals surface area contributed by atoms with E-state index in [1.807, 2.05) is 30.6 Å². The number of hydrogen-bond acceptors (Lipinski definition) is 4. The van der Waals surface area contributed by atoms with Gasteiger partial charge in [-0.05, 0) is 61.7 Å². The summed E-state index contributed by atoms with van der Waals surface area (Å²) in [4.78, 5) is 24.8. The predicted molar refractivity (Wildman–Crippen MR) is 115 cm³/mol. The number of allylic oxidation sites excluding steroid dienone is 1. The Labute approximate surface area is 208 Å². The number of halogens is 1. The van der Waals surface area contributed by atoms with Gasteiger partial charge in [0.05, 0.1) is 0 Å². The van der Waals surface area contributed by atoms with Crippen molar-refractivity contribution in [3.05, 3.63) is 42.2 Å². The number of aromatic nitrogens is 1. The number of Topliss-reactive ketones (excluding diaryl/α,β-unsaturated/α-hetero) is 1. The third kappa shape index (κ3) is 4.01. The largest absolute Gasteiger partial charge is 1.00 e. The van der Waals surface area contributed by atoms with E-state index in [9.17, 15) is 9.59 Å². The van der Waals surface area contributed by atoms with E-state index >= 15 is 0 Å². The Morgan fingerprint density at radius 3 is 2.56 bits per heavy atom. The molecule has 0 amide bonds. The van der Waals surface area contributed by atoms with Crippen molar-refractivity contribution in [2.75, 3.05) is 0 Å². The van der Waals surface area contributed by atoms with E-state index in [1.165, 1.54) is 5.57 Å². The third-order valence-electron chi connectivity index (χ3n) is 9.14. The molecule has 0 spiro atoms. The fourth-order valence-corrected chi connectivity index (χ4v) is 7.32. The maximum absolute atomic E-state index is 12.6. The molecule has 174 valence electrons. The summed E-state index contributed by atoms with van der Waals surface area (Å²) in [6, 6.07) is 5.72. The molecule has 6 atom stereocenters. The van der Waals surface area contributed by atoms with Crippen LogP contribution in [0.2, 0.25) is 0 Å². The summed E-state index contributed by atoms with van der Waals surface area (Å²) in [5, 5.41) is 0. The summed E-state index contributed by atoms with van der Waals surface area (Å²) in [5.74, 6) is 2.33. The molecule has 1 heterocycles. The van der Waals surface area contributed by atoms with Crippen LogP contribution in [0.4, 0.5) is 4.79 Å². The molecule has 5 nitrogen and oxygen atoms in total. The van der Waals surface area contributed by atoms with Crippen molar-refractivity contribution in [3.8, 4) is 0 Å². The van der Waals surface area contributed by atoms with Crippen LogP contribution >= 0.6 is 0 Å². The number of ketones is 1. The Bertz CT molecular complexity index is 902. The van der Waals surface area contributed by atoms with Gasteiger partial charge >= 0.3 is 6.16 Å². The average Bonchev–Trinajstić information content (AvgIpc) is 3.08. The van der Waals surface area contributed by atoms with Crippen LogP contribution in [0, 0.1) is 28.6 Å². The number of rotatable bonds is 3. The van der Waals surface area contributed by atoms with Gasteiger partial charge in [-0.2, -0.15) is 4.57 Å². The smallest absolute Gasteiger partial charge is 0.513 e. The summed E-state index contributed by atoms with van der Waals surface area (Å²) in [7, 11) is 0. The molecule has 6 heteroatoms. The summed E-state index contributed by atoms with van der Waals surface area (Å²) < 4.78 is 12.8. The lowest BCUT2D eigenvalue weighted by Gasteiger charge is -2.56. The van der Waals surface area contributed by atoms with Crippen LogP contribution in [0.5, 0.6) is 0 Å². The molecule has 5 rings (SSSR count). The molecule has 0 saturated heterocycles. The van der Waals surface area contributed by atoms with Gasteiger partial charge in [0.2, 0.25) is 0 Å². The molecule has 1 aromatic heterocycles. The van der Waals surface area contributed by atoms with Crippen LogP contribution in [-0.4, -0.2) is 18.0 Å². The van der Waals surface area contributed by atoms with Crippen LogP contribution in [0.25, 0.3) is 0 Å². The molecule has 3 saturated carbocycles. The van der Waals surface area contributed by atoms with Gasteiger partial charge in [-0.3, -0.25) is 4.79 Å². The molecule has 0 aliphatic heterocycles. The summed E-state index contributed by atoms with van der Waals surface area (Å²) >= 11 is 0. The molecule has 4 aliphatic carbocycles. The number of hydrogen-bond donors (Lipinski definition) is 0. The maximum atomic E-state index is 12.6. The van der Waals surface area contributed by atoms with Gasteiger partial charge < -0.3 is 33.5 Å². The number of carbonyl (C=O) groups is 2. The zero-order valence-corrected chi connectivity index (χ0v) is 21.3. The van der Waals surface area contributed by atoms with E-state index in [0.717, 1.165) is 51.4 Å². The molecular weight excluding hydrogens is 517 g/mol. The van der Waals surface area contributed by atoms with Gasteiger partial charge in [0.1, 0.15) is 11.9 Å². The van der Waals surface area contributed by atoms with Crippen molar-refractivity contribution in [3.63, 3.8) is 0 Å². The van der Waals surface area contributed by atoms with Gasteiger partial charge in [0.15, 0.2) is 12.4 Å². The summed E-state index contributed by atoms with van der Waals surface area (Å²) in [5.41, 5.74) is 1.56. The van der Waals surface area contributed by atoms with E-state index in [4.69, 9.17) is 9.47 Å². The highest BCUT2D eigenvalue weighted by atomic mass is 127. The Balaban J connectivity index is 0.00000245. The van der Waals surface area contributed by atoms with E-state index in [2.05, 4.69) is 19.9 Å². The molecule has 32 heavy (non-hydrogen) atoms. The molecule has 4 aliphatic rings. The molecule has 0 N–H and O–H groups in total. The third-order valence-corrected chi connectivity index (χ3v) is 9.14. The fourth-order valence-electron chi connectivity index (χ4n) is 7.32. The molecule has 0 unspecified atom stereocenters. The number of nitrogens with zero attached hydrogens (tertiary/aromatic N) is 1. The van der Waals surface area contributed by atoms with Crippen molar-refractivity contribution in [1.82, 2.24) is 0 Å². The number of carbonyl (C=O) groups excluding carboxylic acids is 2. The number of pyridine rings is 1. The van der Waals surface area contributed by atoms with Crippen molar-refractivity contribution in [2.24, 2.45) is 28.6 Å². The zero-order valence-electron chi connectivity index (χ0n) is 19.1. The van der Waals surface area contributed by atoms with Crippen LogP contribution in [0.15, 0.2) is 42.2 Å². The highest BCUT2D eigenvalue weighted by molar-refractivity contribution is 5.87. The first kappa shape index (κ1) is 23.7. The van der Waals surface area contributed by atoms with Gasteiger partial charge in [0.25, 0.3) is 6.73 Å². The topological polar surface area (TPSA) is 56.5 Å². The summed E-state index contributed by atoms with van der Waals surface area (Å²) in [6.07, 6.45) is 13.3. The number of ether oxygens (including phenoxy) is 2. The van der Waals surface area contributed by atoms with Gasteiger partial charge in [-0.25, -0.2) is 4.79 Å². The van der Waals surface area contributed by atoms with E-state index in [0.29, 0.717) is 23.5 Å². The molecule has 0 radical (unpaired) electrons. The minimum atomic E-state index is -0.586. The predicted octanol–water partition coefficient (Wildman–Crippen LogP) is 1.99. The average molecular weight is 551 g/mol. The van der Waals surface area contributed by atoms with E-state index in [1.54, 1.807) is 4.57 Å². The second-order valence-corrected chi connectivity index (χ2v) is 10.6. The Hall–Kier alpha value is -1.44. The van der Waals surface area contributed by atoms with Gasteiger partial charge in [-0.1, -0.05) is 31.6 Å². The molecule has 3 fully saturated rings. The standard InChI is InChI=1S/C26H34NO4.HI/c1-25-12-10-19(31-24(29)30-17-27-14-4-3-5-15-27)16-18(25)6-7-20-21-8-9-23(28)26(21,2)13-11-22(20)25;/h3-6,14-15,19-22H,7-13,16-17H2,1-2H3;1H/q+1;/p-1/t19-,20-,21-,22-,25-,26-;/m0./s1. The first-order chi connectivity index (χ1) is 14.9. The highest BCUT2D eigenvalue weighted by Gasteiger charge is 2.58. The normalized spacial score (nSPS) is 37.8. The first-order valence-corrected chi connectivity index (χ1v) is 11.9. The zero-order chi connectivity index (χ0) is 21.6. The first-order valence-electron chi connectivity index (χ1n) is 11.9. The van der Waals surface area contributed by atoms with Crippen molar-refractivity contribution >= 4 is 11.9 Å². The lowest BCUT2D eigenvalue weighted by molar-refractivity contribution is -0.727. The minimum absolute atomic E-state index is 0. The maximum Gasteiger partial charge on any atom is 0.513 e. The second kappa shape index (κ2) is 9.07. The fraction of sp³-hybridized carbons (Fsp3) is 0.654. The lowest BCUT2D eigenvalue weighted by Crippen LogP contribution is -3.00. The van der Waals surface area contributed by atoms with Crippen LogP contribution in [0.3, 0.4) is 0 Å². The minimum Gasteiger partial charge on any atom is -1.00 e. The highest BCUT2D eigenvalue weighted by Crippen LogP contribution is 2.64. The van der Waals surface area contributed by atoms with Crippen molar-refractivity contribution in [1.29, 1.82) is 0 Å². The molecule has 0 bridgehead atoms. The molecule has 0 aromatic carbocycles. The molecule has 1 aromatic rings. The van der Waals surface area contributed by atoms with Crippen LogP contribution < -0.4 is 28.5 Å². The Morgan fingerprint density at radius 1 is 1.06 bits per heavy atom. The second-order valence-electron chi connectivity index (χ2n) is 10.6. The van der Waals surface area contributed by atoms with Crippen LogP contribution in [0.1, 0.15) is 65.2 Å². The SMILES string of the molecule is C[C@]12CC[C@H](OC(=O)OC[n+]3ccccc3)CC1=CC[C@@H]1[C@@H]2CC[C@]2(C)C(=O)CC[C@@H]12.[I-]. The van der Waals surface area contributed by atoms with Crippen LogP contribution in [-0.2, 0) is 21.0 Å². The van der Waals surface area contributed by atoms with Gasteiger partial charge in [-0.15, -0.1) is 0 Å². The number of fused-ring (bicyclic) bond motifs is 5. The van der Waals surface area contributed by atoms with E-state index < -0.39 is 6.16 Å². The van der Waals surface area contributed by atoms with Gasteiger partial charge in [0, 0.05) is 30.4 Å².